The van der Waals surface area contributed by atoms with E-state index in [1.807, 2.05) is 36.3 Å². The summed E-state index contributed by atoms with van der Waals surface area (Å²) in [5, 5.41) is 7.69. The molecule has 166 valence electrons. The first kappa shape index (κ1) is 24.5. The number of benzene rings is 1. The Morgan fingerprint density at radius 2 is 2.23 bits per heavy atom. The predicted molar refractivity (Wildman–Crippen MR) is 131 cm³/mol. The standard InChI is InChI=1S/C22H33N5O2.HI/c1-4-6-11-28-20-9-7-8-18(13-20)14-24-22(23-5-2)27-10-12-29-21(17-27)19-15-25-26(3)16-19;/h7-9,13,15-16,21H,4-6,10-12,14,17H2,1-3H3,(H,23,24);1H. The van der Waals surface area contributed by atoms with Crippen LogP contribution in [0.2, 0.25) is 0 Å². The molecule has 1 aliphatic rings. The van der Waals surface area contributed by atoms with E-state index in [0.717, 1.165) is 61.9 Å². The normalized spacial score (nSPS) is 16.8. The van der Waals surface area contributed by atoms with Crippen molar-refractivity contribution in [2.45, 2.75) is 39.3 Å². The number of hydrogen-bond donors (Lipinski definition) is 1. The van der Waals surface area contributed by atoms with Gasteiger partial charge in [-0.1, -0.05) is 25.5 Å². The molecule has 1 aromatic heterocycles. The van der Waals surface area contributed by atoms with Crippen LogP contribution in [0.25, 0.3) is 0 Å². The minimum absolute atomic E-state index is 0. The number of aryl methyl sites for hydroxylation is 1. The fraction of sp³-hybridized carbons (Fsp3) is 0.545. The first-order valence-electron chi connectivity index (χ1n) is 10.5. The van der Waals surface area contributed by atoms with E-state index in [-0.39, 0.29) is 30.1 Å². The fourth-order valence-corrected chi connectivity index (χ4v) is 3.31. The van der Waals surface area contributed by atoms with Crippen molar-refractivity contribution in [2.24, 2.45) is 12.0 Å². The monoisotopic (exact) mass is 527 g/mol. The van der Waals surface area contributed by atoms with E-state index in [0.29, 0.717) is 13.2 Å². The van der Waals surface area contributed by atoms with E-state index >= 15 is 0 Å². The molecule has 0 saturated carbocycles. The Balaban J connectivity index is 0.00000320. The summed E-state index contributed by atoms with van der Waals surface area (Å²) in [5.41, 5.74) is 2.25. The number of nitrogens with one attached hydrogen (secondary N) is 1. The number of hydrogen-bond acceptors (Lipinski definition) is 4. The molecule has 0 bridgehead atoms. The zero-order valence-corrected chi connectivity index (χ0v) is 20.5. The second kappa shape index (κ2) is 12.8. The predicted octanol–water partition coefficient (Wildman–Crippen LogP) is 3.76. The van der Waals surface area contributed by atoms with Gasteiger partial charge in [-0.25, -0.2) is 4.99 Å². The zero-order valence-electron chi connectivity index (χ0n) is 18.2. The third kappa shape index (κ3) is 7.16. The van der Waals surface area contributed by atoms with E-state index < -0.39 is 0 Å². The summed E-state index contributed by atoms with van der Waals surface area (Å²) in [6, 6.07) is 8.22. The highest BCUT2D eigenvalue weighted by Crippen LogP contribution is 2.22. The van der Waals surface area contributed by atoms with Crippen LogP contribution in [0.5, 0.6) is 5.75 Å². The molecule has 0 spiro atoms. The largest absolute Gasteiger partial charge is 0.494 e. The lowest BCUT2D eigenvalue weighted by molar-refractivity contribution is -0.00805. The quantitative estimate of drug-likeness (QED) is 0.245. The molecule has 7 nitrogen and oxygen atoms in total. The van der Waals surface area contributed by atoms with E-state index in [1.165, 1.54) is 0 Å². The van der Waals surface area contributed by atoms with Gasteiger partial charge >= 0.3 is 0 Å². The van der Waals surface area contributed by atoms with Gasteiger partial charge in [0.2, 0.25) is 0 Å². The lowest BCUT2D eigenvalue weighted by Gasteiger charge is -2.34. The third-order valence-corrected chi connectivity index (χ3v) is 4.87. The van der Waals surface area contributed by atoms with Gasteiger partial charge in [0.15, 0.2) is 5.96 Å². The molecule has 1 N–H and O–H groups in total. The molecule has 0 amide bonds. The molecule has 1 saturated heterocycles. The van der Waals surface area contributed by atoms with Crippen molar-refractivity contribution in [1.82, 2.24) is 20.0 Å². The molecule has 0 radical (unpaired) electrons. The lowest BCUT2D eigenvalue weighted by atomic mass is 10.1. The SMILES string of the molecule is CCCCOc1cccc(CN=C(NCC)N2CCOC(c3cnn(C)c3)C2)c1.I. The summed E-state index contributed by atoms with van der Waals surface area (Å²) < 4.78 is 13.6. The second-order valence-corrected chi connectivity index (χ2v) is 7.27. The Hall–Kier alpha value is -1.81. The molecule has 1 aliphatic heterocycles. The van der Waals surface area contributed by atoms with E-state index in [9.17, 15) is 0 Å². The lowest BCUT2D eigenvalue weighted by Crippen LogP contribution is -2.48. The van der Waals surface area contributed by atoms with Gasteiger partial charge < -0.3 is 19.7 Å². The average molecular weight is 527 g/mol. The first-order chi connectivity index (χ1) is 14.2. The van der Waals surface area contributed by atoms with Crippen molar-refractivity contribution in [3.8, 4) is 5.75 Å². The van der Waals surface area contributed by atoms with Crippen molar-refractivity contribution in [3.63, 3.8) is 0 Å². The van der Waals surface area contributed by atoms with Crippen LogP contribution in [0.1, 0.15) is 43.9 Å². The highest BCUT2D eigenvalue weighted by Gasteiger charge is 2.25. The Labute approximate surface area is 196 Å². The van der Waals surface area contributed by atoms with Crippen molar-refractivity contribution in [3.05, 3.63) is 47.8 Å². The molecule has 3 rings (SSSR count). The number of halogens is 1. The summed E-state index contributed by atoms with van der Waals surface area (Å²) >= 11 is 0. The van der Waals surface area contributed by atoms with Gasteiger partial charge in [-0.05, 0) is 31.0 Å². The van der Waals surface area contributed by atoms with Crippen LogP contribution >= 0.6 is 24.0 Å². The van der Waals surface area contributed by atoms with Crippen molar-refractivity contribution >= 4 is 29.9 Å². The minimum Gasteiger partial charge on any atom is -0.494 e. The molecule has 8 heteroatoms. The molecular weight excluding hydrogens is 493 g/mol. The van der Waals surface area contributed by atoms with Gasteiger partial charge in [0, 0.05) is 31.9 Å². The number of morpholine rings is 1. The average Bonchev–Trinajstić information content (AvgIpc) is 3.18. The zero-order chi connectivity index (χ0) is 20.5. The summed E-state index contributed by atoms with van der Waals surface area (Å²) in [6.45, 7) is 8.72. The molecule has 1 aromatic carbocycles. The van der Waals surface area contributed by atoms with Crippen LogP contribution in [-0.2, 0) is 18.3 Å². The minimum atomic E-state index is 0. The number of nitrogens with zero attached hydrogens (tertiary/aromatic N) is 4. The molecule has 2 aromatic rings. The highest BCUT2D eigenvalue weighted by atomic mass is 127. The van der Waals surface area contributed by atoms with Gasteiger partial charge in [-0.15, -0.1) is 24.0 Å². The van der Waals surface area contributed by atoms with Crippen molar-refractivity contribution in [2.75, 3.05) is 32.8 Å². The molecular formula is C22H34IN5O2. The third-order valence-electron chi connectivity index (χ3n) is 4.87. The van der Waals surface area contributed by atoms with Gasteiger partial charge in [-0.3, -0.25) is 4.68 Å². The number of unbranched alkanes of at least 4 members (excludes halogenated alkanes) is 1. The van der Waals surface area contributed by atoms with Crippen molar-refractivity contribution in [1.29, 1.82) is 0 Å². The molecule has 2 heterocycles. The Bertz CT molecular complexity index is 795. The molecule has 30 heavy (non-hydrogen) atoms. The fourth-order valence-electron chi connectivity index (χ4n) is 3.31. The van der Waals surface area contributed by atoms with E-state index in [2.05, 4.69) is 41.3 Å². The smallest absolute Gasteiger partial charge is 0.194 e. The summed E-state index contributed by atoms with van der Waals surface area (Å²) in [4.78, 5) is 7.15. The molecule has 1 unspecified atom stereocenters. The number of rotatable bonds is 8. The summed E-state index contributed by atoms with van der Waals surface area (Å²) in [5.74, 6) is 1.83. The number of aliphatic imine (C=N–C) groups is 1. The second-order valence-electron chi connectivity index (χ2n) is 7.27. The van der Waals surface area contributed by atoms with Gasteiger partial charge in [-0.2, -0.15) is 5.10 Å². The Morgan fingerprint density at radius 1 is 1.37 bits per heavy atom. The maximum Gasteiger partial charge on any atom is 0.194 e. The van der Waals surface area contributed by atoms with E-state index in [4.69, 9.17) is 14.5 Å². The van der Waals surface area contributed by atoms with Crippen LogP contribution in [0.15, 0.2) is 41.7 Å². The first-order valence-corrected chi connectivity index (χ1v) is 10.5. The number of guanidine groups is 1. The maximum absolute atomic E-state index is 5.97. The summed E-state index contributed by atoms with van der Waals surface area (Å²) in [6.07, 6.45) is 6.11. The topological polar surface area (TPSA) is 63.9 Å². The van der Waals surface area contributed by atoms with Crippen LogP contribution in [0.3, 0.4) is 0 Å². The van der Waals surface area contributed by atoms with E-state index in [1.54, 1.807) is 0 Å². The van der Waals surface area contributed by atoms with Gasteiger partial charge in [0.05, 0.1) is 32.5 Å². The van der Waals surface area contributed by atoms with Crippen molar-refractivity contribution < 1.29 is 9.47 Å². The van der Waals surface area contributed by atoms with Crippen LogP contribution in [0, 0.1) is 0 Å². The maximum atomic E-state index is 5.97. The number of ether oxygens (including phenoxy) is 2. The van der Waals surface area contributed by atoms with Crippen LogP contribution in [0.4, 0.5) is 0 Å². The highest BCUT2D eigenvalue weighted by molar-refractivity contribution is 14.0. The molecule has 0 aliphatic carbocycles. The van der Waals surface area contributed by atoms with Crippen LogP contribution < -0.4 is 10.1 Å². The number of aromatic nitrogens is 2. The Morgan fingerprint density at radius 3 is 2.97 bits per heavy atom. The van der Waals surface area contributed by atoms with Gasteiger partial charge in [0.25, 0.3) is 0 Å². The Kier molecular flexibility index (Phi) is 10.4. The van der Waals surface area contributed by atoms with Gasteiger partial charge in [0.1, 0.15) is 11.9 Å². The molecule has 1 atom stereocenters. The van der Waals surface area contributed by atoms with Crippen LogP contribution in [-0.4, -0.2) is 53.5 Å². The summed E-state index contributed by atoms with van der Waals surface area (Å²) in [7, 11) is 1.93. The molecule has 1 fully saturated rings.